The Morgan fingerprint density at radius 1 is 1.00 bits per heavy atom. The minimum Gasteiger partial charge on any atom is -0.489 e. The van der Waals surface area contributed by atoms with E-state index in [9.17, 15) is 0 Å². The van der Waals surface area contributed by atoms with Gasteiger partial charge in [-0.25, -0.2) is 0 Å². The number of nitrogens with two attached hydrogens (primary N) is 1. The normalized spacial score (nSPS) is 27.8. The van der Waals surface area contributed by atoms with E-state index in [1.807, 2.05) is 48.8 Å². The number of amidine groups is 1. The second kappa shape index (κ2) is 10.7. The van der Waals surface area contributed by atoms with Crippen LogP contribution < -0.4 is 10.6 Å². The number of benzene rings is 2. The van der Waals surface area contributed by atoms with Crippen LogP contribution in [0.2, 0.25) is 0 Å². The van der Waals surface area contributed by atoms with Crippen LogP contribution in [0.1, 0.15) is 36.8 Å². The van der Waals surface area contributed by atoms with Gasteiger partial charge in [0.15, 0.2) is 0 Å². The van der Waals surface area contributed by atoms with Gasteiger partial charge in [0, 0.05) is 25.6 Å². The smallest absolute Gasteiger partial charge is 0.265 e. The van der Waals surface area contributed by atoms with Crippen LogP contribution in [0.5, 0.6) is 5.75 Å². The molecule has 6 rings (SSSR count). The maximum Gasteiger partial charge on any atom is 0.265 e. The fourth-order valence-electron chi connectivity index (χ4n) is 5.94. The van der Waals surface area contributed by atoms with E-state index in [-0.39, 0.29) is 4.59 Å². The third-order valence-electron chi connectivity index (χ3n) is 8.02. The molecule has 7 heteroatoms. The first-order chi connectivity index (χ1) is 18.2. The molecule has 2 aromatic carbocycles. The molecular formula is C30H36N5O2+. The molecule has 7 nitrogen and oxygen atoms in total. The lowest BCUT2D eigenvalue weighted by Crippen LogP contribution is -2.53. The summed E-state index contributed by atoms with van der Waals surface area (Å²) in [5.41, 5.74) is 4.20. The number of aliphatic imine (C=N–C) groups is 2. The topological polar surface area (TPSA) is 72.4 Å². The van der Waals surface area contributed by atoms with Crippen molar-refractivity contribution in [3.8, 4) is 5.75 Å². The largest absolute Gasteiger partial charge is 0.489 e. The van der Waals surface area contributed by atoms with Crippen LogP contribution >= 0.6 is 0 Å². The Morgan fingerprint density at radius 3 is 2.62 bits per heavy atom. The Bertz CT molecular complexity index is 1220. The minimum atomic E-state index is 0.0642. The van der Waals surface area contributed by atoms with E-state index < -0.39 is 0 Å². The van der Waals surface area contributed by atoms with Gasteiger partial charge in [-0.05, 0) is 55.4 Å². The van der Waals surface area contributed by atoms with Gasteiger partial charge in [-0.15, -0.1) is 4.59 Å². The highest BCUT2D eigenvalue weighted by molar-refractivity contribution is 6.00. The summed E-state index contributed by atoms with van der Waals surface area (Å²) in [7, 11) is 0. The van der Waals surface area contributed by atoms with Crippen LogP contribution in [-0.2, 0) is 11.3 Å². The Balaban J connectivity index is 1.18. The number of hydrogen-bond acceptors (Lipinski definition) is 6. The maximum absolute atomic E-state index is 7.02. The van der Waals surface area contributed by atoms with Gasteiger partial charge in [-0.1, -0.05) is 36.4 Å². The number of allylic oxidation sites excluding steroid dienone is 2. The number of rotatable bonds is 7. The lowest BCUT2D eigenvalue weighted by molar-refractivity contribution is -0.750. The van der Waals surface area contributed by atoms with Gasteiger partial charge in [0.2, 0.25) is 5.70 Å². The van der Waals surface area contributed by atoms with E-state index in [1.54, 1.807) is 6.20 Å². The molecule has 0 spiro atoms. The summed E-state index contributed by atoms with van der Waals surface area (Å²) in [5, 5.41) is 0. The molecule has 3 aliphatic heterocycles. The third kappa shape index (κ3) is 5.18. The van der Waals surface area contributed by atoms with Gasteiger partial charge >= 0.3 is 0 Å². The molecule has 0 radical (unpaired) electrons. The van der Waals surface area contributed by atoms with E-state index in [4.69, 9.17) is 20.3 Å². The zero-order chi connectivity index (χ0) is 25.1. The lowest BCUT2D eigenvalue weighted by atomic mass is 9.80. The highest BCUT2D eigenvalue weighted by atomic mass is 16.5. The molecule has 2 fully saturated rings. The molecule has 1 unspecified atom stereocenters. The summed E-state index contributed by atoms with van der Waals surface area (Å²) in [5.74, 6) is 9.81. The quantitative estimate of drug-likeness (QED) is 0.447. The van der Waals surface area contributed by atoms with Crippen molar-refractivity contribution in [2.75, 3.05) is 32.8 Å². The molecule has 3 heterocycles. The second-order valence-corrected chi connectivity index (χ2v) is 10.5. The summed E-state index contributed by atoms with van der Waals surface area (Å²) in [4.78, 5) is 12.2. The average Bonchev–Trinajstić information content (AvgIpc) is 3.27. The van der Waals surface area contributed by atoms with Crippen molar-refractivity contribution in [3.05, 3.63) is 89.5 Å². The molecule has 192 valence electrons. The lowest BCUT2D eigenvalue weighted by Gasteiger charge is -2.34. The Kier molecular flexibility index (Phi) is 7.02. The number of ether oxygens (including phenoxy) is 2. The molecule has 0 bridgehead atoms. The molecule has 2 N–H and O–H groups in total. The van der Waals surface area contributed by atoms with Gasteiger partial charge in [0.25, 0.3) is 5.84 Å². The van der Waals surface area contributed by atoms with E-state index in [2.05, 4.69) is 28.1 Å². The monoisotopic (exact) mass is 498 g/mol. The highest BCUT2D eigenvalue weighted by Crippen LogP contribution is 2.41. The zero-order valence-electron chi connectivity index (χ0n) is 21.3. The molecular weight excluding hydrogens is 462 g/mol. The first-order valence-corrected chi connectivity index (χ1v) is 13.5. The Hall–Kier alpha value is -3.10. The summed E-state index contributed by atoms with van der Waals surface area (Å²) >= 11 is 0. The van der Waals surface area contributed by atoms with Crippen LogP contribution in [0.4, 0.5) is 0 Å². The van der Waals surface area contributed by atoms with E-state index in [0.717, 1.165) is 79.2 Å². The van der Waals surface area contributed by atoms with Crippen molar-refractivity contribution >= 4 is 12.1 Å². The van der Waals surface area contributed by atoms with E-state index >= 15 is 0 Å². The van der Waals surface area contributed by atoms with Crippen molar-refractivity contribution in [2.24, 2.45) is 27.7 Å². The van der Waals surface area contributed by atoms with Crippen LogP contribution in [-0.4, -0.2) is 54.4 Å². The Labute approximate surface area is 219 Å². The van der Waals surface area contributed by atoms with Gasteiger partial charge in [0.1, 0.15) is 24.3 Å². The van der Waals surface area contributed by atoms with Crippen LogP contribution in [0.3, 0.4) is 0 Å². The van der Waals surface area contributed by atoms with Crippen molar-refractivity contribution in [2.45, 2.75) is 32.3 Å². The molecule has 0 aromatic heterocycles. The fourth-order valence-corrected chi connectivity index (χ4v) is 5.94. The second-order valence-electron chi connectivity index (χ2n) is 10.5. The first-order valence-electron chi connectivity index (χ1n) is 13.5. The van der Waals surface area contributed by atoms with Gasteiger partial charge in [-0.2, -0.15) is 10.8 Å². The molecule has 1 saturated heterocycles. The van der Waals surface area contributed by atoms with E-state index in [1.165, 1.54) is 19.4 Å². The predicted octanol–water partition coefficient (Wildman–Crippen LogP) is 4.62. The van der Waals surface area contributed by atoms with Gasteiger partial charge in [-0.3, -0.25) is 9.89 Å². The highest BCUT2D eigenvalue weighted by Gasteiger charge is 2.46. The number of morpholine rings is 1. The third-order valence-corrected chi connectivity index (χ3v) is 8.02. The molecule has 4 aliphatic rings. The summed E-state index contributed by atoms with van der Waals surface area (Å²) in [6.07, 6.45) is 10.3. The molecule has 0 amide bonds. The van der Waals surface area contributed by atoms with Gasteiger partial charge in [0.05, 0.1) is 31.2 Å². The summed E-state index contributed by atoms with van der Waals surface area (Å²) < 4.78 is 11.7. The molecule has 2 aromatic rings. The minimum absolute atomic E-state index is 0.0642. The van der Waals surface area contributed by atoms with E-state index in [0.29, 0.717) is 12.5 Å². The van der Waals surface area contributed by atoms with Crippen LogP contribution in [0.15, 0.2) is 88.4 Å². The number of hydrogen-bond donors (Lipinski definition) is 1. The standard InChI is InChI=1S/C30H36N5O2/c31-35-16-13-32-20-28(35)29(25-11-9-23(10-12-25)21-34-14-17-36-18-15-34)33-30(35)26-7-4-8-27(19-26)37-22-24-5-2-1-3-6-24/h1-8,13,16,19-20,23,25H,9-12,14-15,17-18,21-22,31H2/q+1. The summed E-state index contributed by atoms with van der Waals surface area (Å²) in [6.45, 7) is 5.57. The molecule has 1 atom stereocenters. The SMILES string of the molecule is N[N+]12C=CN=CC1=C(C1CCC(CN3CCOCC3)CC1)N=C2c1cccc(OCc2ccccc2)c1. The predicted molar refractivity (Wildman–Crippen MR) is 146 cm³/mol. The number of fused-ring (bicyclic) bond motifs is 1. The maximum atomic E-state index is 7.02. The van der Waals surface area contributed by atoms with Gasteiger partial charge < -0.3 is 9.47 Å². The Morgan fingerprint density at radius 2 is 1.81 bits per heavy atom. The van der Waals surface area contributed by atoms with Crippen molar-refractivity contribution < 1.29 is 14.1 Å². The van der Waals surface area contributed by atoms with Crippen molar-refractivity contribution in [1.82, 2.24) is 4.90 Å². The van der Waals surface area contributed by atoms with Crippen molar-refractivity contribution in [1.29, 1.82) is 0 Å². The molecule has 1 aliphatic carbocycles. The first kappa shape index (κ1) is 24.2. The van der Waals surface area contributed by atoms with Crippen LogP contribution in [0, 0.1) is 11.8 Å². The molecule has 1 saturated carbocycles. The average molecular weight is 499 g/mol. The number of nitrogens with zero attached hydrogens (tertiary/aromatic N) is 4. The number of quaternary nitrogens is 1. The van der Waals surface area contributed by atoms with Crippen molar-refractivity contribution in [3.63, 3.8) is 0 Å². The summed E-state index contributed by atoms with van der Waals surface area (Å²) in [6, 6.07) is 18.3. The fraction of sp³-hybridized carbons (Fsp3) is 0.400. The zero-order valence-corrected chi connectivity index (χ0v) is 21.3. The van der Waals surface area contributed by atoms with Crippen LogP contribution in [0.25, 0.3) is 0 Å². The molecule has 37 heavy (non-hydrogen) atoms.